The van der Waals surface area contributed by atoms with E-state index in [4.69, 9.17) is 14.9 Å². The number of anilines is 1. The lowest BCUT2D eigenvalue weighted by Crippen LogP contribution is -1.96. The summed E-state index contributed by atoms with van der Waals surface area (Å²) >= 11 is 0. The molecule has 0 saturated heterocycles. The zero-order valence-corrected chi connectivity index (χ0v) is 8.12. The summed E-state index contributed by atoms with van der Waals surface area (Å²) in [6.45, 7) is 2.77. The molecule has 0 aliphatic rings. The molecular weight excluding hydrogens is 178 g/mol. The molecule has 0 fully saturated rings. The standard InChI is InChI=1S/C11H13NO2/c1-2-4-13-10-6-8(12)7-11-9(10)3-5-14-11/h3,5-7H,2,4,12H2,1H3. The highest BCUT2D eigenvalue weighted by Gasteiger charge is 2.05. The summed E-state index contributed by atoms with van der Waals surface area (Å²) in [5.74, 6) is 0.801. The van der Waals surface area contributed by atoms with Crippen molar-refractivity contribution in [3.8, 4) is 5.75 Å². The van der Waals surface area contributed by atoms with Gasteiger partial charge in [-0.1, -0.05) is 6.92 Å². The van der Waals surface area contributed by atoms with Crippen molar-refractivity contribution < 1.29 is 9.15 Å². The molecule has 1 aromatic heterocycles. The van der Waals surface area contributed by atoms with Crippen molar-refractivity contribution in [1.29, 1.82) is 0 Å². The van der Waals surface area contributed by atoms with Crippen molar-refractivity contribution in [2.45, 2.75) is 13.3 Å². The molecule has 0 atom stereocenters. The monoisotopic (exact) mass is 191 g/mol. The van der Waals surface area contributed by atoms with Crippen LogP contribution in [0.5, 0.6) is 5.75 Å². The van der Waals surface area contributed by atoms with Gasteiger partial charge in [0.15, 0.2) is 0 Å². The molecule has 0 aliphatic heterocycles. The fourth-order valence-electron chi connectivity index (χ4n) is 1.39. The molecule has 3 heteroatoms. The highest BCUT2D eigenvalue weighted by molar-refractivity contribution is 5.87. The molecule has 0 spiro atoms. The van der Waals surface area contributed by atoms with Gasteiger partial charge in [0.25, 0.3) is 0 Å². The zero-order chi connectivity index (χ0) is 9.97. The van der Waals surface area contributed by atoms with E-state index < -0.39 is 0 Å². The third-order valence-corrected chi connectivity index (χ3v) is 2.02. The Morgan fingerprint density at radius 2 is 2.29 bits per heavy atom. The Kier molecular flexibility index (Phi) is 2.31. The summed E-state index contributed by atoms with van der Waals surface area (Å²) < 4.78 is 10.8. The van der Waals surface area contributed by atoms with E-state index >= 15 is 0 Å². The number of nitrogen functional groups attached to an aromatic ring is 1. The molecule has 0 aliphatic carbocycles. The fourth-order valence-corrected chi connectivity index (χ4v) is 1.39. The summed E-state index contributed by atoms with van der Waals surface area (Å²) in [6.07, 6.45) is 2.62. The highest BCUT2D eigenvalue weighted by Crippen LogP contribution is 2.29. The van der Waals surface area contributed by atoms with Gasteiger partial charge in [-0.05, 0) is 12.5 Å². The largest absolute Gasteiger partial charge is 0.493 e. The van der Waals surface area contributed by atoms with E-state index in [1.807, 2.05) is 12.1 Å². The summed E-state index contributed by atoms with van der Waals surface area (Å²) in [6, 6.07) is 5.52. The normalized spacial score (nSPS) is 10.6. The SMILES string of the molecule is CCCOc1cc(N)cc2occc12. The van der Waals surface area contributed by atoms with Crippen molar-refractivity contribution >= 4 is 16.7 Å². The van der Waals surface area contributed by atoms with E-state index in [1.165, 1.54) is 0 Å². The van der Waals surface area contributed by atoms with Crippen molar-refractivity contribution in [2.24, 2.45) is 0 Å². The number of hydrogen-bond acceptors (Lipinski definition) is 3. The molecule has 0 amide bonds. The molecule has 2 aromatic rings. The summed E-state index contributed by atoms with van der Waals surface area (Å²) in [7, 11) is 0. The summed E-state index contributed by atoms with van der Waals surface area (Å²) in [4.78, 5) is 0. The van der Waals surface area contributed by atoms with Crippen LogP contribution in [0.15, 0.2) is 28.9 Å². The first-order valence-electron chi connectivity index (χ1n) is 4.71. The minimum atomic E-state index is 0.665. The smallest absolute Gasteiger partial charge is 0.139 e. The van der Waals surface area contributed by atoms with Crippen LogP contribution < -0.4 is 10.5 Å². The predicted molar refractivity (Wildman–Crippen MR) is 56.4 cm³/mol. The Morgan fingerprint density at radius 3 is 3.07 bits per heavy atom. The highest BCUT2D eigenvalue weighted by atomic mass is 16.5. The Hall–Kier alpha value is -1.64. The first-order chi connectivity index (χ1) is 6.81. The quantitative estimate of drug-likeness (QED) is 0.759. The molecule has 2 rings (SSSR count). The van der Waals surface area contributed by atoms with Gasteiger partial charge in [0.1, 0.15) is 11.3 Å². The van der Waals surface area contributed by atoms with Gasteiger partial charge in [-0.15, -0.1) is 0 Å². The van der Waals surface area contributed by atoms with E-state index in [2.05, 4.69) is 6.92 Å². The Morgan fingerprint density at radius 1 is 1.43 bits per heavy atom. The van der Waals surface area contributed by atoms with Crippen LogP contribution in [0.2, 0.25) is 0 Å². The van der Waals surface area contributed by atoms with Gasteiger partial charge >= 0.3 is 0 Å². The Bertz CT molecular complexity index is 434. The lowest BCUT2D eigenvalue weighted by molar-refractivity contribution is 0.321. The summed E-state index contributed by atoms with van der Waals surface area (Å²) in [5.41, 5.74) is 7.16. The van der Waals surface area contributed by atoms with Crippen LogP contribution in [-0.4, -0.2) is 6.61 Å². The second kappa shape index (κ2) is 3.62. The van der Waals surface area contributed by atoms with Crippen LogP contribution in [-0.2, 0) is 0 Å². The van der Waals surface area contributed by atoms with E-state index in [9.17, 15) is 0 Å². The van der Waals surface area contributed by atoms with Crippen molar-refractivity contribution in [3.05, 3.63) is 24.5 Å². The number of fused-ring (bicyclic) bond motifs is 1. The van der Waals surface area contributed by atoms with Crippen LogP contribution in [0.25, 0.3) is 11.0 Å². The number of rotatable bonds is 3. The van der Waals surface area contributed by atoms with Gasteiger partial charge in [0.2, 0.25) is 0 Å². The maximum absolute atomic E-state index is 5.72. The molecule has 0 saturated carbocycles. The predicted octanol–water partition coefficient (Wildman–Crippen LogP) is 2.80. The van der Waals surface area contributed by atoms with Crippen LogP contribution in [0.4, 0.5) is 5.69 Å². The number of nitrogens with two attached hydrogens (primary N) is 1. The van der Waals surface area contributed by atoms with E-state index in [-0.39, 0.29) is 0 Å². The molecule has 0 radical (unpaired) electrons. The Balaban J connectivity index is 2.44. The summed E-state index contributed by atoms with van der Waals surface area (Å²) in [5, 5.41) is 0.979. The average molecular weight is 191 g/mol. The van der Waals surface area contributed by atoms with Gasteiger partial charge < -0.3 is 14.9 Å². The van der Waals surface area contributed by atoms with Crippen molar-refractivity contribution in [2.75, 3.05) is 12.3 Å². The Labute approximate surface area is 82.5 Å². The zero-order valence-electron chi connectivity index (χ0n) is 8.12. The van der Waals surface area contributed by atoms with Crippen LogP contribution in [0.1, 0.15) is 13.3 Å². The van der Waals surface area contributed by atoms with Crippen LogP contribution in [0, 0.1) is 0 Å². The first kappa shape index (κ1) is 8.94. The molecule has 0 unspecified atom stereocenters. The maximum Gasteiger partial charge on any atom is 0.139 e. The van der Waals surface area contributed by atoms with Gasteiger partial charge in [-0.2, -0.15) is 0 Å². The third kappa shape index (κ3) is 1.53. The molecule has 1 heterocycles. The fraction of sp³-hybridized carbons (Fsp3) is 0.273. The maximum atomic E-state index is 5.72. The average Bonchev–Trinajstić information content (AvgIpc) is 2.61. The van der Waals surface area contributed by atoms with Crippen molar-refractivity contribution in [1.82, 2.24) is 0 Å². The molecule has 74 valence electrons. The van der Waals surface area contributed by atoms with Crippen LogP contribution >= 0.6 is 0 Å². The number of benzene rings is 1. The van der Waals surface area contributed by atoms with E-state index in [0.717, 1.165) is 23.1 Å². The third-order valence-electron chi connectivity index (χ3n) is 2.02. The van der Waals surface area contributed by atoms with Gasteiger partial charge in [0, 0.05) is 17.8 Å². The molecule has 14 heavy (non-hydrogen) atoms. The lowest BCUT2D eigenvalue weighted by Gasteiger charge is -2.06. The van der Waals surface area contributed by atoms with Gasteiger partial charge in [-0.3, -0.25) is 0 Å². The number of furan rings is 1. The number of ether oxygens (including phenoxy) is 1. The molecule has 0 bridgehead atoms. The van der Waals surface area contributed by atoms with Crippen LogP contribution in [0.3, 0.4) is 0 Å². The molecule has 3 nitrogen and oxygen atoms in total. The molecule has 2 N–H and O–H groups in total. The minimum Gasteiger partial charge on any atom is -0.493 e. The first-order valence-corrected chi connectivity index (χ1v) is 4.71. The minimum absolute atomic E-state index is 0.665. The van der Waals surface area contributed by atoms with E-state index in [1.54, 1.807) is 12.3 Å². The second-order valence-electron chi connectivity index (χ2n) is 3.20. The van der Waals surface area contributed by atoms with E-state index in [0.29, 0.717) is 12.3 Å². The van der Waals surface area contributed by atoms with Crippen molar-refractivity contribution in [3.63, 3.8) is 0 Å². The van der Waals surface area contributed by atoms with Gasteiger partial charge in [0.05, 0.1) is 18.3 Å². The van der Waals surface area contributed by atoms with Gasteiger partial charge in [-0.25, -0.2) is 0 Å². The number of hydrogen-bond donors (Lipinski definition) is 1. The molecular formula is C11H13NO2. The lowest BCUT2D eigenvalue weighted by atomic mass is 10.2. The second-order valence-corrected chi connectivity index (χ2v) is 3.20. The topological polar surface area (TPSA) is 48.4 Å². The molecule has 1 aromatic carbocycles.